The highest BCUT2D eigenvalue weighted by molar-refractivity contribution is 7.89. The smallest absolute Gasteiger partial charge is 0.307 e. The predicted molar refractivity (Wildman–Crippen MR) is 213 cm³/mol. The first-order valence-corrected chi connectivity index (χ1v) is 22.1. The molecule has 0 radical (unpaired) electrons. The van der Waals surface area contributed by atoms with E-state index in [2.05, 4.69) is 27.2 Å². The fraction of sp³-hybridized carbons (Fsp3) is 0.350. The van der Waals surface area contributed by atoms with Gasteiger partial charge in [-0.15, -0.1) is 0 Å². The van der Waals surface area contributed by atoms with Crippen LogP contribution in [0.1, 0.15) is 81.3 Å². The molecule has 14 heteroatoms. The lowest BCUT2D eigenvalue weighted by atomic mass is 9.99. The Bertz CT molecular complexity index is 2300. The van der Waals surface area contributed by atoms with Crippen molar-refractivity contribution in [2.45, 2.75) is 88.6 Å². The van der Waals surface area contributed by atoms with Crippen molar-refractivity contribution >= 4 is 66.7 Å². The first kappa shape index (κ1) is 39.7. The molecule has 0 spiro atoms. The summed E-state index contributed by atoms with van der Waals surface area (Å²) < 4.78 is 48.2. The normalized spacial score (nSPS) is 14.9. The Morgan fingerprint density at radius 1 is 0.667 bits per heavy atom. The maximum atomic E-state index is 12.5. The van der Waals surface area contributed by atoms with Gasteiger partial charge in [0, 0.05) is 15.7 Å². The zero-order valence-electron chi connectivity index (χ0n) is 29.7. The second-order valence-electron chi connectivity index (χ2n) is 14.0. The lowest BCUT2D eigenvalue weighted by Crippen LogP contribution is -2.35. The van der Waals surface area contributed by atoms with E-state index in [1.54, 1.807) is 54.6 Å². The van der Waals surface area contributed by atoms with Crippen LogP contribution in [-0.4, -0.2) is 28.9 Å². The number of hydrogen-bond acceptors (Lipinski definition) is 7. The molecule has 0 fully saturated rings. The number of carbonyl (C=O) groups is 1. The van der Waals surface area contributed by atoms with Crippen LogP contribution < -0.4 is 15.2 Å². The van der Waals surface area contributed by atoms with E-state index in [1.165, 1.54) is 46.2 Å². The number of benzene rings is 4. The van der Waals surface area contributed by atoms with Crippen LogP contribution in [0.3, 0.4) is 0 Å². The zero-order chi connectivity index (χ0) is 38.5. The van der Waals surface area contributed by atoms with Crippen molar-refractivity contribution < 1.29 is 26.4 Å². The molecule has 0 aromatic heterocycles. The summed E-state index contributed by atoms with van der Waals surface area (Å²) in [6, 6.07) is 17.3. The molecule has 0 bridgehead atoms. The van der Waals surface area contributed by atoms with Gasteiger partial charge in [0.2, 0.25) is 26.1 Å². The summed E-state index contributed by atoms with van der Waals surface area (Å²) in [7, 11) is -7.34. The number of primary sulfonamides is 1. The van der Waals surface area contributed by atoms with Crippen LogP contribution in [0.25, 0.3) is 0 Å². The Kier molecular flexibility index (Phi) is 12.6. The van der Waals surface area contributed by atoms with E-state index in [-0.39, 0.29) is 11.5 Å². The van der Waals surface area contributed by atoms with Gasteiger partial charge >= 0.3 is 6.03 Å². The van der Waals surface area contributed by atoms with Gasteiger partial charge in [0.1, 0.15) is 0 Å². The quantitative estimate of drug-likeness (QED) is 0.128. The Labute approximate surface area is 326 Å². The third-order valence-corrected chi connectivity index (χ3v) is 12.8. The zero-order valence-corrected chi connectivity index (χ0v) is 32.9. The first-order valence-electron chi connectivity index (χ1n) is 18.0. The Balaban J connectivity index is 0.000000154. The molecule has 284 valence electrons. The van der Waals surface area contributed by atoms with Gasteiger partial charge < -0.3 is 5.32 Å². The molecule has 54 heavy (non-hydrogen) atoms. The number of nitrogens with two attached hydrogens (primary N) is 1. The third kappa shape index (κ3) is 9.79. The second-order valence-corrected chi connectivity index (χ2v) is 18.1. The second kappa shape index (κ2) is 17.2. The SMILES string of the molecule is NS(=O)(=O)Cc1ccccc1Cl.O=C(Nc1c2c(cc3c1CCC3)CCC2)NS(=O)(=O)Cc1ccccc1Cl.O=C=Nc1c2c(cc3c1CCC3)CCC2. The standard InChI is InChI=1S/C20H21ClN2O3S.C13H13NO.C7H8ClNO2S/c21-18-10-2-1-5-15(18)12-27(25,26)23-20(24)22-19-16-8-3-6-13(16)11-14-7-4-9-17(14)19;15-8-14-13-11-5-1-3-9(11)7-10-4-2-6-12(10)13;8-7-4-2-1-3-6(7)5-12(9,10)11/h1-2,5,10-11H,3-4,6-9,12H2,(H2,22,23,24);7H,1-6H2;1-4H,5H2,(H2,9,10,11). The fourth-order valence-electron chi connectivity index (χ4n) is 7.90. The molecule has 0 saturated carbocycles. The number of hydrogen-bond donors (Lipinski definition) is 3. The van der Waals surface area contributed by atoms with Gasteiger partial charge in [-0.2, -0.15) is 4.99 Å². The number of nitrogens with zero attached hydrogens (tertiary/aromatic N) is 1. The number of sulfonamides is 2. The summed E-state index contributed by atoms with van der Waals surface area (Å²) in [6.07, 6.45) is 14.6. The van der Waals surface area contributed by atoms with Crippen LogP contribution in [0.5, 0.6) is 0 Å². The van der Waals surface area contributed by atoms with Crippen LogP contribution in [0, 0.1) is 0 Å². The average Bonchev–Trinajstić information content (AvgIpc) is 3.94. The number of fused-ring (bicyclic) bond motifs is 4. The molecule has 4 aromatic rings. The molecule has 4 aliphatic carbocycles. The topological polar surface area (TPSA) is 165 Å². The molecule has 2 amide bonds. The summed E-state index contributed by atoms with van der Waals surface area (Å²) in [5.74, 6) is -0.558. The van der Waals surface area contributed by atoms with E-state index in [0.717, 1.165) is 86.7 Å². The average molecular weight is 810 g/mol. The molecule has 0 saturated heterocycles. The maximum Gasteiger partial charge on any atom is 0.332 e. The van der Waals surface area contributed by atoms with Crippen LogP contribution >= 0.6 is 23.2 Å². The first-order chi connectivity index (χ1) is 25.8. The molecule has 0 atom stereocenters. The monoisotopic (exact) mass is 808 g/mol. The Morgan fingerprint density at radius 2 is 1.09 bits per heavy atom. The highest BCUT2D eigenvalue weighted by atomic mass is 35.5. The summed E-state index contributed by atoms with van der Waals surface area (Å²) in [5, 5.41) is 8.47. The van der Waals surface area contributed by atoms with Crippen molar-refractivity contribution in [2.75, 3.05) is 5.32 Å². The molecule has 10 nitrogen and oxygen atoms in total. The van der Waals surface area contributed by atoms with Gasteiger partial charge in [-0.25, -0.2) is 36.3 Å². The minimum atomic E-state index is -3.85. The van der Waals surface area contributed by atoms with E-state index in [1.807, 2.05) is 0 Å². The van der Waals surface area contributed by atoms with Gasteiger partial charge in [-0.1, -0.05) is 71.7 Å². The molecule has 4 aliphatic rings. The van der Waals surface area contributed by atoms with E-state index >= 15 is 0 Å². The summed E-state index contributed by atoms with van der Waals surface area (Å²) in [6.45, 7) is 0. The van der Waals surface area contributed by atoms with Crippen molar-refractivity contribution in [1.29, 1.82) is 0 Å². The highest BCUT2D eigenvalue weighted by Gasteiger charge is 2.27. The molecule has 0 aliphatic heterocycles. The van der Waals surface area contributed by atoms with Gasteiger partial charge in [-0.05, 0) is 145 Å². The minimum absolute atomic E-state index is 0.216. The summed E-state index contributed by atoms with van der Waals surface area (Å²) >= 11 is 11.7. The van der Waals surface area contributed by atoms with Crippen molar-refractivity contribution in [3.8, 4) is 0 Å². The number of anilines is 1. The summed E-state index contributed by atoms with van der Waals surface area (Å²) in [4.78, 5) is 26.9. The van der Waals surface area contributed by atoms with Crippen molar-refractivity contribution in [3.05, 3.63) is 126 Å². The lowest BCUT2D eigenvalue weighted by molar-refractivity contribution is 0.256. The Hall–Kier alpha value is -4.03. The number of nitrogens with one attached hydrogen (secondary N) is 2. The predicted octanol–water partition coefficient (Wildman–Crippen LogP) is 7.73. The van der Waals surface area contributed by atoms with Crippen LogP contribution in [-0.2, 0) is 87.7 Å². The third-order valence-electron chi connectivity index (χ3n) is 10.2. The van der Waals surface area contributed by atoms with Crippen LogP contribution in [0.2, 0.25) is 10.0 Å². The largest absolute Gasteiger partial charge is 0.332 e. The molecule has 4 aromatic carbocycles. The minimum Gasteiger partial charge on any atom is -0.307 e. The maximum absolute atomic E-state index is 12.5. The number of halogens is 2. The number of aliphatic imine (C=N–C) groups is 1. The van der Waals surface area contributed by atoms with E-state index in [4.69, 9.17) is 28.3 Å². The molecule has 4 N–H and O–H groups in total. The molecule has 8 rings (SSSR count). The van der Waals surface area contributed by atoms with Gasteiger partial charge in [0.05, 0.1) is 17.2 Å². The molecular formula is C40H42Cl2N4O6S2. The van der Waals surface area contributed by atoms with E-state index < -0.39 is 26.1 Å². The Morgan fingerprint density at radius 3 is 1.54 bits per heavy atom. The summed E-state index contributed by atoms with van der Waals surface area (Å²) in [5.41, 5.74) is 13.1. The number of carbonyl (C=O) groups excluding carboxylic acids is 2. The van der Waals surface area contributed by atoms with Crippen molar-refractivity contribution in [2.24, 2.45) is 10.1 Å². The highest BCUT2D eigenvalue weighted by Crippen LogP contribution is 2.40. The van der Waals surface area contributed by atoms with Crippen LogP contribution in [0.15, 0.2) is 65.7 Å². The van der Waals surface area contributed by atoms with Gasteiger partial charge in [-0.3, -0.25) is 0 Å². The van der Waals surface area contributed by atoms with Crippen LogP contribution in [0.4, 0.5) is 16.2 Å². The number of rotatable bonds is 7. The lowest BCUT2D eigenvalue weighted by Gasteiger charge is -2.16. The van der Waals surface area contributed by atoms with E-state index in [9.17, 15) is 26.4 Å². The van der Waals surface area contributed by atoms with Crippen molar-refractivity contribution in [1.82, 2.24) is 4.72 Å². The van der Waals surface area contributed by atoms with E-state index in [0.29, 0.717) is 21.2 Å². The fourth-order valence-corrected chi connectivity index (χ4v) is 10.2. The molecular weight excluding hydrogens is 768 g/mol. The number of amides is 2. The van der Waals surface area contributed by atoms with Gasteiger partial charge in [0.25, 0.3) is 0 Å². The van der Waals surface area contributed by atoms with Crippen molar-refractivity contribution in [3.63, 3.8) is 0 Å². The number of aryl methyl sites for hydroxylation is 4. The molecule has 0 heterocycles. The number of urea groups is 1. The number of isocyanates is 1. The van der Waals surface area contributed by atoms with Gasteiger partial charge in [0.15, 0.2) is 0 Å². The molecule has 0 unspecified atom stereocenters.